The molecule has 2 rings (SSSR count). The summed E-state index contributed by atoms with van der Waals surface area (Å²) in [4.78, 5) is 10.1. The van der Waals surface area contributed by atoms with Crippen LogP contribution in [-0.4, -0.2) is 49.0 Å². The molecular formula is C12H17N3O5S. The van der Waals surface area contributed by atoms with E-state index in [4.69, 9.17) is 0 Å². The van der Waals surface area contributed by atoms with Crippen molar-refractivity contribution in [2.45, 2.75) is 23.8 Å². The normalized spacial score (nSPS) is 19.6. The Balaban J connectivity index is 2.52. The molecule has 0 radical (unpaired) electrons. The molecule has 0 amide bonds. The Bertz CT molecular complexity index is 646. The molecule has 0 saturated carbocycles. The van der Waals surface area contributed by atoms with Crippen molar-refractivity contribution in [3.63, 3.8) is 0 Å². The molecule has 0 spiro atoms. The van der Waals surface area contributed by atoms with Gasteiger partial charge in [-0.3, -0.25) is 10.1 Å². The van der Waals surface area contributed by atoms with Gasteiger partial charge in [0.1, 0.15) is 4.90 Å². The van der Waals surface area contributed by atoms with Gasteiger partial charge in [-0.25, -0.2) is 8.42 Å². The van der Waals surface area contributed by atoms with Gasteiger partial charge in [-0.05, 0) is 18.9 Å². The van der Waals surface area contributed by atoms with Crippen LogP contribution in [0.15, 0.2) is 23.1 Å². The number of nitro benzene ring substituents is 1. The molecule has 1 saturated heterocycles. The van der Waals surface area contributed by atoms with Crippen molar-refractivity contribution in [1.82, 2.24) is 4.31 Å². The fourth-order valence-electron chi connectivity index (χ4n) is 2.48. The lowest BCUT2D eigenvalue weighted by Gasteiger charge is -2.23. The van der Waals surface area contributed by atoms with Crippen molar-refractivity contribution in [3.8, 4) is 0 Å². The van der Waals surface area contributed by atoms with Crippen LogP contribution in [0.25, 0.3) is 0 Å². The van der Waals surface area contributed by atoms with E-state index in [1.165, 1.54) is 16.4 Å². The smallest absolute Gasteiger partial charge is 0.270 e. The van der Waals surface area contributed by atoms with Gasteiger partial charge in [-0.15, -0.1) is 0 Å². The minimum atomic E-state index is -3.89. The van der Waals surface area contributed by atoms with Crippen LogP contribution in [0.1, 0.15) is 12.8 Å². The van der Waals surface area contributed by atoms with Crippen LogP contribution in [0.3, 0.4) is 0 Å². The largest absolute Gasteiger partial charge is 0.395 e. The van der Waals surface area contributed by atoms with E-state index in [9.17, 15) is 23.6 Å². The lowest BCUT2D eigenvalue weighted by Crippen LogP contribution is -2.37. The second-order valence-corrected chi connectivity index (χ2v) is 6.64. The highest BCUT2D eigenvalue weighted by Crippen LogP contribution is 2.32. The number of hydrogen-bond donors (Lipinski definition) is 2. The zero-order valence-electron chi connectivity index (χ0n) is 11.5. The van der Waals surface area contributed by atoms with E-state index in [-0.39, 0.29) is 17.2 Å². The number of aliphatic hydroxyl groups is 1. The standard InChI is InChI=1S/C12H17N3O5S/c1-13-11-5-4-9(15(17)18)7-12(11)21(19,20)14-6-2-3-10(14)8-16/h4-5,7,10,13,16H,2-3,6,8H2,1H3. The summed E-state index contributed by atoms with van der Waals surface area (Å²) >= 11 is 0. The van der Waals surface area contributed by atoms with Crippen LogP contribution in [-0.2, 0) is 10.0 Å². The van der Waals surface area contributed by atoms with E-state index in [2.05, 4.69) is 5.32 Å². The van der Waals surface area contributed by atoms with E-state index in [0.717, 1.165) is 6.07 Å². The third-order valence-electron chi connectivity index (χ3n) is 3.57. The Morgan fingerprint density at radius 3 is 2.81 bits per heavy atom. The van der Waals surface area contributed by atoms with Crippen LogP contribution in [0.4, 0.5) is 11.4 Å². The molecule has 2 N–H and O–H groups in total. The van der Waals surface area contributed by atoms with Crippen molar-refractivity contribution in [2.24, 2.45) is 0 Å². The number of non-ortho nitro benzene ring substituents is 1. The van der Waals surface area contributed by atoms with Crippen LogP contribution in [0, 0.1) is 10.1 Å². The highest BCUT2D eigenvalue weighted by molar-refractivity contribution is 7.89. The fraction of sp³-hybridized carbons (Fsp3) is 0.500. The number of sulfonamides is 1. The summed E-state index contributed by atoms with van der Waals surface area (Å²) in [7, 11) is -2.34. The maximum Gasteiger partial charge on any atom is 0.270 e. The van der Waals surface area contributed by atoms with Gasteiger partial charge < -0.3 is 10.4 Å². The van der Waals surface area contributed by atoms with Crippen LogP contribution >= 0.6 is 0 Å². The molecule has 1 aliphatic heterocycles. The average molecular weight is 315 g/mol. The number of nitrogens with zero attached hydrogens (tertiary/aromatic N) is 2. The van der Waals surface area contributed by atoms with Gasteiger partial charge >= 0.3 is 0 Å². The first-order valence-corrected chi connectivity index (χ1v) is 7.94. The van der Waals surface area contributed by atoms with Gasteiger partial charge in [0.15, 0.2) is 0 Å². The minimum absolute atomic E-state index is 0.139. The molecule has 1 aromatic carbocycles. The Labute approximate surface area is 122 Å². The number of hydrogen-bond acceptors (Lipinski definition) is 6. The first-order valence-electron chi connectivity index (χ1n) is 6.50. The Kier molecular flexibility index (Phi) is 4.45. The van der Waals surface area contributed by atoms with Gasteiger partial charge in [0.2, 0.25) is 10.0 Å². The molecule has 1 aromatic rings. The maximum absolute atomic E-state index is 12.7. The molecule has 9 heteroatoms. The third kappa shape index (κ3) is 2.85. The first-order chi connectivity index (χ1) is 9.91. The Morgan fingerprint density at radius 1 is 1.52 bits per heavy atom. The SMILES string of the molecule is CNc1ccc([N+](=O)[O-])cc1S(=O)(=O)N1CCCC1CO. The summed E-state index contributed by atoms with van der Waals surface area (Å²) in [5.41, 5.74) is 0.0107. The summed E-state index contributed by atoms with van der Waals surface area (Å²) < 4.78 is 26.6. The van der Waals surface area contributed by atoms with Crippen molar-refractivity contribution < 1.29 is 18.4 Å². The second-order valence-electron chi connectivity index (χ2n) is 4.78. The molecule has 21 heavy (non-hydrogen) atoms. The molecule has 0 bridgehead atoms. The van der Waals surface area contributed by atoms with E-state index in [0.29, 0.717) is 25.1 Å². The summed E-state index contributed by atoms with van der Waals surface area (Å²) in [5.74, 6) is 0. The summed E-state index contributed by atoms with van der Waals surface area (Å²) in [5, 5.41) is 22.9. The number of nitro groups is 1. The summed E-state index contributed by atoms with van der Waals surface area (Å²) in [6, 6.07) is 3.19. The van der Waals surface area contributed by atoms with Crippen molar-refractivity contribution in [1.29, 1.82) is 0 Å². The van der Waals surface area contributed by atoms with E-state index in [1.807, 2.05) is 0 Å². The molecule has 1 atom stereocenters. The third-order valence-corrected chi connectivity index (χ3v) is 5.56. The lowest BCUT2D eigenvalue weighted by molar-refractivity contribution is -0.385. The van der Waals surface area contributed by atoms with E-state index >= 15 is 0 Å². The minimum Gasteiger partial charge on any atom is -0.395 e. The lowest BCUT2D eigenvalue weighted by atomic mass is 10.2. The molecular weight excluding hydrogens is 298 g/mol. The molecule has 116 valence electrons. The van der Waals surface area contributed by atoms with Gasteiger partial charge in [-0.1, -0.05) is 0 Å². The maximum atomic E-state index is 12.7. The predicted molar refractivity (Wildman–Crippen MR) is 76.6 cm³/mol. The molecule has 1 aliphatic rings. The predicted octanol–water partition coefficient (Wildman–Crippen LogP) is 0.782. The number of benzene rings is 1. The first kappa shape index (κ1) is 15.7. The van der Waals surface area contributed by atoms with Gasteiger partial charge in [0.05, 0.1) is 17.2 Å². The summed E-state index contributed by atoms with van der Waals surface area (Å²) in [6.45, 7) is 0.0441. The molecule has 0 aromatic heterocycles. The highest BCUT2D eigenvalue weighted by Gasteiger charge is 2.36. The van der Waals surface area contributed by atoms with Crippen LogP contribution in [0.5, 0.6) is 0 Å². The zero-order valence-corrected chi connectivity index (χ0v) is 12.3. The van der Waals surface area contributed by atoms with Gasteiger partial charge in [-0.2, -0.15) is 4.31 Å². The van der Waals surface area contributed by atoms with Crippen molar-refractivity contribution in [3.05, 3.63) is 28.3 Å². The molecule has 1 unspecified atom stereocenters. The zero-order chi connectivity index (χ0) is 15.6. The van der Waals surface area contributed by atoms with Crippen molar-refractivity contribution in [2.75, 3.05) is 25.5 Å². The molecule has 1 fully saturated rings. The summed E-state index contributed by atoms with van der Waals surface area (Å²) in [6.07, 6.45) is 1.24. The van der Waals surface area contributed by atoms with Crippen LogP contribution < -0.4 is 5.32 Å². The van der Waals surface area contributed by atoms with Gasteiger partial charge in [0.25, 0.3) is 5.69 Å². The topological polar surface area (TPSA) is 113 Å². The fourth-order valence-corrected chi connectivity index (χ4v) is 4.38. The van der Waals surface area contributed by atoms with E-state index < -0.39 is 21.0 Å². The number of anilines is 1. The monoisotopic (exact) mass is 315 g/mol. The number of rotatable bonds is 5. The van der Waals surface area contributed by atoms with Crippen LogP contribution in [0.2, 0.25) is 0 Å². The number of aliphatic hydroxyl groups excluding tert-OH is 1. The Morgan fingerprint density at radius 2 is 2.24 bits per heavy atom. The highest BCUT2D eigenvalue weighted by atomic mass is 32.2. The average Bonchev–Trinajstić information content (AvgIpc) is 2.95. The number of nitrogens with one attached hydrogen (secondary N) is 1. The Hall–Kier alpha value is -1.71. The van der Waals surface area contributed by atoms with E-state index in [1.54, 1.807) is 7.05 Å². The van der Waals surface area contributed by atoms with Gasteiger partial charge in [0, 0.05) is 31.8 Å². The van der Waals surface area contributed by atoms with Crippen molar-refractivity contribution >= 4 is 21.4 Å². The molecule has 8 nitrogen and oxygen atoms in total. The second kappa shape index (κ2) is 5.96. The molecule has 0 aliphatic carbocycles. The molecule has 1 heterocycles. The quantitative estimate of drug-likeness (QED) is 0.613.